The number of halogens is 1. The minimum absolute atomic E-state index is 0.0378. The van der Waals surface area contributed by atoms with Gasteiger partial charge in [-0.1, -0.05) is 19.4 Å². The van der Waals surface area contributed by atoms with Crippen LogP contribution < -0.4 is 25.6 Å². The fourth-order valence-electron chi connectivity index (χ4n) is 2.62. The molecule has 0 fully saturated rings. The smallest absolute Gasteiger partial charge is 0.276 e. The van der Waals surface area contributed by atoms with Gasteiger partial charge in [-0.15, -0.1) is 0 Å². The first-order valence-corrected chi connectivity index (χ1v) is 11.0. The van der Waals surface area contributed by atoms with Gasteiger partial charge in [0.25, 0.3) is 11.8 Å². The molecule has 0 radical (unpaired) electrons. The van der Waals surface area contributed by atoms with Gasteiger partial charge in [-0.25, -0.2) is 0 Å². The molecule has 9 heteroatoms. The number of benzene rings is 2. The van der Waals surface area contributed by atoms with Crippen molar-refractivity contribution in [1.29, 1.82) is 0 Å². The zero-order chi connectivity index (χ0) is 22.8. The monoisotopic (exact) mass is 507 g/mol. The summed E-state index contributed by atoms with van der Waals surface area (Å²) in [5, 5.41) is 2.47. The van der Waals surface area contributed by atoms with E-state index < -0.39 is 11.8 Å². The largest absolute Gasteiger partial charge is 0.492 e. The molecule has 0 spiro atoms. The summed E-state index contributed by atoms with van der Waals surface area (Å²) in [7, 11) is 0. The fraction of sp³-hybridized carbons (Fsp3) is 0.318. The van der Waals surface area contributed by atoms with Crippen LogP contribution in [0.1, 0.15) is 41.3 Å². The molecule has 166 valence electrons. The van der Waals surface area contributed by atoms with Crippen LogP contribution in [0.15, 0.2) is 40.9 Å². The predicted molar refractivity (Wildman–Crippen MR) is 127 cm³/mol. The molecule has 0 aliphatic carbocycles. The summed E-state index contributed by atoms with van der Waals surface area (Å²) in [5.41, 5.74) is 7.36. The SMILES string of the molecule is CCCCOc1ccc(C(=O)NC(=S)NNC(=O)COc2cc(C)cc(C)c2)cc1Br. The zero-order valence-electron chi connectivity index (χ0n) is 17.7. The lowest BCUT2D eigenvalue weighted by molar-refractivity contribution is -0.123. The molecule has 0 heterocycles. The number of ether oxygens (including phenoxy) is 2. The fourth-order valence-corrected chi connectivity index (χ4v) is 3.26. The van der Waals surface area contributed by atoms with E-state index in [0.717, 1.165) is 24.0 Å². The zero-order valence-corrected chi connectivity index (χ0v) is 20.1. The maximum absolute atomic E-state index is 12.4. The third-order valence-corrected chi connectivity index (χ3v) is 4.88. The number of amides is 2. The quantitative estimate of drug-likeness (QED) is 0.284. The Morgan fingerprint density at radius 1 is 1.03 bits per heavy atom. The van der Waals surface area contributed by atoms with Crippen molar-refractivity contribution in [3.63, 3.8) is 0 Å². The Balaban J connectivity index is 1.77. The number of nitrogens with one attached hydrogen (secondary N) is 3. The van der Waals surface area contributed by atoms with Crippen LogP contribution >= 0.6 is 28.1 Å². The van der Waals surface area contributed by atoms with Gasteiger partial charge in [0.15, 0.2) is 11.7 Å². The van der Waals surface area contributed by atoms with Gasteiger partial charge in [-0.3, -0.25) is 25.8 Å². The van der Waals surface area contributed by atoms with Crippen molar-refractivity contribution in [3.8, 4) is 11.5 Å². The molecule has 0 aliphatic rings. The van der Waals surface area contributed by atoms with Gasteiger partial charge in [0, 0.05) is 5.56 Å². The summed E-state index contributed by atoms with van der Waals surface area (Å²) < 4.78 is 11.8. The van der Waals surface area contributed by atoms with E-state index in [1.54, 1.807) is 18.2 Å². The van der Waals surface area contributed by atoms with Crippen LogP contribution in [0.25, 0.3) is 0 Å². The van der Waals surface area contributed by atoms with Crippen molar-refractivity contribution in [2.45, 2.75) is 33.6 Å². The molecule has 2 aromatic rings. The third kappa shape index (κ3) is 8.55. The number of carbonyl (C=O) groups excluding carboxylic acids is 2. The molecule has 3 N–H and O–H groups in total. The summed E-state index contributed by atoms with van der Waals surface area (Å²) >= 11 is 8.46. The molecule has 2 aromatic carbocycles. The Hall–Kier alpha value is -2.65. The topological polar surface area (TPSA) is 88.7 Å². The highest BCUT2D eigenvalue weighted by molar-refractivity contribution is 9.10. The number of rotatable bonds is 8. The lowest BCUT2D eigenvalue weighted by atomic mass is 10.1. The highest BCUT2D eigenvalue weighted by atomic mass is 79.9. The van der Waals surface area contributed by atoms with Crippen molar-refractivity contribution in [2.24, 2.45) is 0 Å². The number of hydrazine groups is 1. The molecule has 31 heavy (non-hydrogen) atoms. The van der Waals surface area contributed by atoms with Gasteiger partial charge in [0.2, 0.25) is 0 Å². The number of carbonyl (C=O) groups is 2. The molecular formula is C22H26BrN3O4S. The molecule has 0 aromatic heterocycles. The molecular weight excluding hydrogens is 482 g/mol. The van der Waals surface area contributed by atoms with Crippen LogP contribution in [0.2, 0.25) is 0 Å². The first kappa shape index (κ1) is 24.6. The van der Waals surface area contributed by atoms with E-state index in [0.29, 0.717) is 28.1 Å². The first-order chi connectivity index (χ1) is 14.8. The Labute approximate surface area is 196 Å². The van der Waals surface area contributed by atoms with Crippen LogP contribution in [-0.4, -0.2) is 30.1 Å². The highest BCUT2D eigenvalue weighted by Crippen LogP contribution is 2.26. The molecule has 0 bridgehead atoms. The van der Waals surface area contributed by atoms with Gasteiger partial charge in [-0.2, -0.15) is 0 Å². The summed E-state index contributed by atoms with van der Waals surface area (Å²) in [4.78, 5) is 24.3. The Morgan fingerprint density at radius 3 is 2.39 bits per heavy atom. The van der Waals surface area contributed by atoms with Gasteiger partial charge in [0.05, 0.1) is 11.1 Å². The second kappa shape index (κ2) is 12.3. The molecule has 0 unspecified atom stereocenters. The first-order valence-electron chi connectivity index (χ1n) is 9.82. The van der Waals surface area contributed by atoms with Crippen molar-refractivity contribution >= 4 is 45.1 Å². The number of thiocarbonyl (C=S) groups is 1. The Bertz CT molecular complexity index is 932. The number of hydrogen-bond acceptors (Lipinski definition) is 5. The van der Waals surface area contributed by atoms with E-state index in [-0.39, 0.29) is 11.7 Å². The van der Waals surface area contributed by atoms with E-state index in [1.807, 2.05) is 32.0 Å². The summed E-state index contributed by atoms with van der Waals surface area (Å²) in [6.45, 7) is 6.41. The summed E-state index contributed by atoms with van der Waals surface area (Å²) in [6, 6.07) is 10.7. The number of hydrogen-bond donors (Lipinski definition) is 3. The van der Waals surface area contributed by atoms with Crippen LogP contribution in [0, 0.1) is 13.8 Å². The molecule has 7 nitrogen and oxygen atoms in total. The second-order valence-electron chi connectivity index (χ2n) is 6.92. The van der Waals surface area contributed by atoms with E-state index in [2.05, 4.69) is 39.0 Å². The lowest BCUT2D eigenvalue weighted by Crippen LogP contribution is -2.49. The lowest BCUT2D eigenvalue weighted by Gasteiger charge is -2.13. The molecule has 0 atom stereocenters. The van der Waals surface area contributed by atoms with Crippen LogP contribution in [0.5, 0.6) is 11.5 Å². The van der Waals surface area contributed by atoms with Crippen LogP contribution in [0.3, 0.4) is 0 Å². The summed E-state index contributed by atoms with van der Waals surface area (Å²) in [5.74, 6) is 0.420. The normalized spacial score (nSPS) is 10.2. The minimum Gasteiger partial charge on any atom is -0.492 e. The average molecular weight is 508 g/mol. The van der Waals surface area contributed by atoms with Crippen molar-refractivity contribution < 1.29 is 19.1 Å². The van der Waals surface area contributed by atoms with E-state index in [1.165, 1.54) is 0 Å². The van der Waals surface area contributed by atoms with Gasteiger partial charge < -0.3 is 9.47 Å². The molecule has 0 aliphatic heterocycles. The van der Waals surface area contributed by atoms with Crippen molar-refractivity contribution in [3.05, 3.63) is 57.6 Å². The van der Waals surface area contributed by atoms with E-state index >= 15 is 0 Å². The van der Waals surface area contributed by atoms with Gasteiger partial charge >= 0.3 is 0 Å². The number of unbranched alkanes of at least 4 members (excludes halogenated alkanes) is 1. The van der Waals surface area contributed by atoms with Crippen molar-refractivity contribution in [2.75, 3.05) is 13.2 Å². The molecule has 2 rings (SSSR count). The van der Waals surface area contributed by atoms with Crippen molar-refractivity contribution in [1.82, 2.24) is 16.2 Å². The maximum atomic E-state index is 12.4. The second-order valence-corrected chi connectivity index (χ2v) is 8.18. The predicted octanol–water partition coefficient (Wildman–Crippen LogP) is 3.96. The number of aryl methyl sites for hydroxylation is 2. The average Bonchev–Trinajstić information content (AvgIpc) is 2.71. The Kier molecular flexibility index (Phi) is 9.74. The standard InChI is InChI=1S/C22H26BrN3O4S/c1-4-5-8-29-19-7-6-16(12-18(19)23)21(28)24-22(31)26-25-20(27)13-30-17-10-14(2)9-15(3)11-17/h6-7,9-12H,4-5,8,13H2,1-3H3,(H,25,27)(H2,24,26,28,31). The van der Waals surface area contributed by atoms with Crippen LogP contribution in [0.4, 0.5) is 0 Å². The van der Waals surface area contributed by atoms with Gasteiger partial charge in [0.1, 0.15) is 11.5 Å². The molecule has 0 saturated carbocycles. The molecule has 0 saturated heterocycles. The van der Waals surface area contributed by atoms with Gasteiger partial charge in [-0.05, 0) is 89.9 Å². The minimum atomic E-state index is -0.438. The maximum Gasteiger partial charge on any atom is 0.276 e. The van der Waals surface area contributed by atoms with Crippen LogP contribution in [-0.2, 0) is 4.79 Å². The van der Waals surface area contributed by atoms with E-state index in [9.17, 15) is 9.59 Å². The highest BCUT2D eigenvalue weighted by Gasteiger charge is 2.12. The van der Waals surface area contributed by atoms with E-state index in [4.69, 9.17) is 21.7 Å². The summed E-state index contributed by atoms with van der Waals surface area (Å²) in [6.07, 6.45) is 1.99. The third-order valence-electron chi connectivity index (χ3n) is 4.06. The Morgan fingerprint density at radius 2 is 1.74 bits per heavy atom. The molecule has 2 amide bonds.